The normalized spacial score (nSPS) is 17.5. The molecule has 0 aliphatic carbocycles. The lowest BCUT2D eigenvalue weighted by Crippen LogP contribution is -2.72. The van der Waals surface area contributed by atoms with Gasteiger partial charge in [-0.15, -0.1) is 0 Å². The first-order valence-corrected chi connectivity index (χ1v) is 12.9. The summed E-state index contributed by atoms with van der Waals surface area (Å²) in [6.07, 6.45) is 3.41. The minimum absolute atomic E-state index is 0.597. The quantitative estimate of drug-likeness (QED) is 0.379. The third kappa shape index (κ3) is 4.45. The molecule has 1 heterocycles. The number of halogens is 1. The number of nitrogens with zero attached hydrogens (tertiary/aromatic N) is 1. The molecule has 4 rings (SSSR count). The van der Waals surface area contributed by atoms with E-state index < -0.39 is 5.72 Å². The number of quaternary nitrogens is 1. The summed E-state index contributed by atoms with van der Waals surface area (Å²) in [5, 5.41) is 18.8. The van der Waals surface area contributed by atoms with E-state index in [1.54, 1.807) is 7.11 Å². The van der Waals surface area contributed by atoms with Gasteiger partial charge in [0.2, 0.25) is 5.72 Å². The predicted octanol–water partition coefficient (Wildman–Crippen LogP) is 6.15. The van der Waals surface area contributed by atoms with Crippen molar-refractivity contribution in [2.45, 2.75) is 52.2 Å². The average molecular weight is 482 g/mol. The summed E-state index contributed by atoms with van der Waals surface area (Å²) >= 11 is 6.57. The molecule has 5 heteroatoms. The smallest absolute Gasteiger partial charge is 0.209 e. The maximum Gasteiger partial charge on any atom is 0.209 e. The van der Waals surface area contributed by atoms with Crippen LogP contribution in [0.1, 0.15) is 42.9 Å². The Hall–Kier alpha value is -2.11. The first-order valence-electron chi connectivity index (χ1n) is 12.5. The predicted molar refractivity (Wildman–Crippen MR) is 144 cm³/mol. The van der Waals surface area contributed by atoms with Crippen LogP contribution >= 0.6 is 11.6 Å². The van der Waals surface area contributed by atoms with Gasteiger partial charge in [-0.3, -0.25) is 4.48 Å². The van der Waals surface area contributed by atoms with E-state index in [0.717, 1.165) is 61.8 Å². The number of piperazine rings is 1. The number of fused-ring (bicyclic) bond motifs is 1. The van der Waals surface area contributed by atoms with Gasteiger partial charge in [-0.25, -0.2) is 0 Å². The second-order valence-electron chi connectivity index (χ2n) is 9.78. The standard InChI is InChI=1S/C29H38ClN2O2/c1-5-6-14-29(33,20-23-10-12-25-24(19-23)11-13-27(34-4)28(25)30)32(17-15-31-16-18-32)26-9-7-8-21(2)22(26)3/h7-13,19,31,33H,5-6,14-18,20H2,1-4H3/q+1. The van der Waals surface area contributed by atoms with Crippen molar-refractivity contribution in [3.8, 4) is 5.75 Å². The van der Waals surface area contributed by atoms with Crippen LogP contribution in [0.3, 0.4) is 0 Å². The van der Waals surface area contributed by atoms with E-state index in [9.17, 15) is 5.11 Å². The Morgan fingerprint density at radius 1 is 1.09 bits per heavy atom. The Bertz CT molecular complexity index is 1160. The zero-order chi connectivity index (χ0) is 24.3. The molecule has 4 nitrogen and oxygen atoms in total. The minimum Gasteiger partial charge on any atom is -0.495 e. The van der Waals surface area contributed by atoms with Crippen molar-refractivity contribution >= 4 is 28.1 Å². The summed E-state index contributed by atoms with van der Waals surface area (Å²) < 4.78 is 6.00. The topological polar surface area (TPSA) is 41.5 Å². The van der Waals surface area contributed by atoms with E-state index in [0.29, 0.717) is 21.7 Å². The molecule has 3 aromatic rings. The van der Waals surface area contributed by atoms with Gasteiger partial charge in [-0.05, 0) is 48.9 Å². The molecule has 1 aliphatic heterocycles. The summed E-state index contributed by atoms with van der Waals surface area (Å²) in [6, 6.07) is 16.9. The van der Waals surface area contributed by atoms with Gasteiger partial charge in [0.25, 0.3) is 0 Å². The van der Waals surface area contributed by atoms with Crippen LogP contribution in [0.4, 0.5) is 5.69 Å². The lowest BCUT2D eigenvalue weighted by atomic mass is 9.89. The maximum atomic E-state index is 12.6. The largest absolute Gasteiger partial charge is 0.495 e. The number of hydrogen-bond acceptors (Lipinski definition) is 3. The van der Waals surface area contributed by atoms with Gasteiger partial charge in [0, 0.05) is 30.5 Å². The molecule has 0 saturated carbocycles. The Labute approximate surface area is 209 Å². The third-order valence-corrected chi connectivity index (χ3v) is 8.19. The SMILES string of the molecule is CCCCC(O)(Cc1ccc2c(Cl)c(OC)ccc2c1)[N+]1(c2cccc(C)c2C)CCNCC1. The highest BCUT2D eigenvalue weighted by molar-refractivity contribution is 6.37. The summed E-state index contributed by atoms with van der Waals surface area (Å²) in [4.78, 5) is 0. The van der Waals surface area contributed by atoms with Crippen LogP contribution < -0.4 is 14.5 Å². The van der Waals surface area contributed by atoms with Crippen molar-refractivity contribution in [1.82, 2.24) is 9.80 Å². The molecular weight excluding hydrogens is 444 g/mol. The number of ether oxygens (including phenoxy) is 1. The zero-order valence-electron chi connectivity index (χ0n) is 21.0. The summed E-state index contributed by atoms with van der Waals surface area (Å²) in [5.74, 6) is 0.682. The highest BCUT2D eigenvalue weighted by atomic mass is 35.5. The Morgan fingerprint density at radius 2 is 1.85 bits per heavy atom. The highest BCUT2D eigenvalue weighted by Gasteiger charge is 2.52. The Kier molecular flexibility index (Phi) is 7.54. The van der Waals surface area contributed by atoms with Crippen molar-refractivity contribution in [3.63, 3.8) is 0 Å². The lowest BCUT2D eigenvalue weighted by Gasteiger charge is -2.52. The molecule has 2 N–H and O–H groups in total. The van der Waals surface area contributed by atoms with Crippen LogP contribution in [-0.2, 0) is 6.42 Å². The minimum atomic E-state index is -0.902. The van der Waals surface area contributed by atoms with E-state index in [2.05, 4.69) is 68.6 Å². The zero-order valence-corrected chi connectivity index (χ0v) is 21.7. The molecule has 3 aromatic carbocycles. The van der Waals surface area contributed by atoms with E-state index >= 15 is 0 Å². The number of aliphatic hydroxyl groups is 1. The molecule has 0 amide bonds. The van der Waals surface area contributed by atoms with Gasteiger partial charge >= 0.3 is 0 Å². The Morgan fingerprint density at radius 3 is 2.56 bits per heavy atom. The van der Waals surface area contributed by atoms with E-state index in [4.69, 9.17) is 16.3 Å². The van der Waals surface area contributed by atoms with Crippen molar-refractivity contribution in [3.05, 3.63) is 70.2 Å². The second kappa shape index (κ2) is 10.2. The Balaban J connectivity index is 1.82. The third-order valence-electron chi connectivity index (χ3n) is 7.80. The number of aryl methyl sites for hydroxylation is 1. The van der Waals surface area contributed by atoms with Gasteiger partial charge in [0.15, 0.2) is 0 Å². The average Bonchev–Trinajstić information content (AvgIpc) is 2.85. The van der Waals surface area contributed by atoms with Crippen LogP contribution in [0.25, 0.3) is 10.8 Å². The van der Waals surface area contributed by atoms with Gasteiger partial charge < -0.3 is 15.2 Å². The summed E-state index contributed by atoms with van der Waals surface area (Å²) in [6.45, 7) is 10.1. The van der Waals surface area contributed by atoms with E-state index in [-0.39, 0.29) is 0 Å². The van der Waals surface area contributed by atoms with Gasteiger partial charge in [0.1, 0.15) is 11.4 Å². The summed E-state index contributed by atoms with van der Waals surface area (Å²) in [5.41, 5.74) is 4.06. The van der Waals surface area contributed by atoms with Crippen molar-refractivity contribution in [1.29, 1.82) is 0 Å². The molecule has 1 saturated heterocycles. The molecule has 34 heavy (non-hydrogen) atoms. The fraction of sp³-hybridized carbons (Fsp3) is 0.448. The molecule has 1 unspecified atom stereocenters. The molecule has 0 bridgehead atoms. The fourth-order valence-corrected chi connectivity index (χ4v) is 6.00. The summed E-state index contributed by atoms with van der Waals surface area (Å²) in [7, 11) is 1.64. The molecular formula is C29H38ClN2O2+. The second-order valence-corrected chi connectivity index (χ2v) is 10.2. The van der Waals surface area contributed by atoms with Crippen molar-refractivity contribution in [2.24, 2.45) is 0 Å². The fourth-order valence-electron chi connectivity index (χ4n) is 5.69. The van der Waals surface area contributed by atoms with Crippen molar-refractivity contribution in [2.75, 3.05) is 33.3 Å². The van der Waals surface area contributed by atoms with E-state index in [1.165, 1.54) is 16.8 Å². The van der Waals surface area contributed by atoms with Crippen LogP contribution in [0.5, 0.6) is 5.75 Å². The monoisotopic (exact) mass is 481 g/mol. The van der Waals surface area contributed by atoms with Gasteiger partial charge in [-0.1, -0.05) is 61.3 Å². The number of rotatable bonds is 8. The maximum absolute atomic E-state index is 12.6. The highest BCUT2D eigenvalue weighted by Crippen LogP contribution is 2.41. The number of benzene rings is 3. The lowest BCUT2D eigenvalue weighted by molar-refractivity contribution is -0.113. The first kappa shape index (κ1) is 25.0. The van der Waals surface area contributed by atoms with Crippen LogP contribution in [0.15, 0.2) is 48.5 Å². The first-order chi connectivity index (χ1) is 16.3. The van der Waals surface area contributed by atoms with Gasteiger partial charge in [0.05, 0.1) is 31.6 Å². The van der Waals surface area contributed by atoms with Gasteiger partial charge in [-0.2, -0.15) is 0 Å². The van der Waals surface area contributed by atoms with E-state index in [1.807, 2.05) is 6.07 Å². The number of unbranched alkanes of at least 4 members (excludes halogenated alkanes) is 1. The molecule has 1 fully saturated rings. The molecule has 1 aliphatic rings. The number of nitrogens with one attached hydrogen (secondary N) is 1. The van der Waals surface area contributed by atoms with Crippen molar-refractivity contribution < 1.29 is 9.84 Å². The van der Waals surface area contributed by atoms with Crippen LogP contribution in [0, 0.1) is 13.8 Å². The molecule has 1 atom stereocenters. The molecule has 0 aromatic heterocycles. The molecule has 0 radical (unpaired) electrons. The molecule has 182 valence electrons. The number of methoxy groups -OCH3 is 1. The molecule has 0 spiro atoms. The van der Waals surface area contributed by atoms with Crippen LogP contribution in [-0.4, -0.2) is 44.1 Å². The number of hydrogen-bond donors (Lipinski definition) is 2. The van der Waals surface area contributed by atoms with Crippen LogP contribution in [0.2, 0.25) is 5.02 Å².